The predicted octanol–water partition coefficient (Wildman–Crippen LogP) is 10.9. The standard InChI is InChI=1S/C23H22.4C2H6/c1-15-9-18-12-19-10-16-7-5-6-8-17(16)11-20(19)13-21(18)14-22(15)23(2,3)4;4*1-2/h5-14H,1-4H3;4*1-2H3. The van der Waals surface area contributed by atoms with Crippen molar-refractivity contribution in [3.8, 4) is 0 Å². The van der Waals surface area contributed by atoms with Crippen LogP contribution in [0.4, 0.5) is 0 Å². The van der Waals surface area contributed by atoms with Gasteiger partial charge in [0.15, 0.2) is 0 Å². The maximum Gasteiger partial charge on any atom is -0.0129 e. The van der Waals surface area contributed by atoms with Gasteiger partial charge in [0, 0.05) is 0 Å². The highest BCUT2D eigenvalue weighted by molar-refractivity contribution is 6.05. The van der Waals surface area contributed by atoms with Crippen LogP contribution in [0, 0.1) is 6.92 Å². The Morgan fingerprint density at radius 3 is 1.16 bits per heavy atom. The molecule has 0 amide bonds. The van der Waals surface area contributed by atoms with E-state index < -0.39 is 0 Å². The molecule has 0 aliphatic carbocycles. The lowest BCUT2D eigenvalue weighted by molar-refractivity contribution is 0.587. The molecule has 0 aromatic heterocycles. The molecule has 31 heavy (non-hydrogen) atoms. The fourth-order valence-electron chi connectivity index (χ4n) is 3.67. The molecule has 4 rings (SSSR count). The molecule has 170 valence electrons. The first kappa shape index (κ1) is 28.7. The molecule has 4 aromatic carbocycles. The molecule has 0 N–H and O–H groups in total. The summed E-state index contributed by atoms with van der Waals surface area (Å²) in [6.07, 6.45) is 0. The molecule has 4 aromatic rings. The van der Waals surface area contributed by atoms with Crippen molar-refractivity contribution in [1.82, 2.24) is 0 Å². The Kier molecular flexibility index (Phi) is 12.8. The molecule has 0 aliphatic rings. The summed E-state index contributed by atoms with van der Waals surface area (Å²) in [4.78, 5) is 0. The van der Waals surface area contributed by atoms with E-state index >= 15 is 0 Å². The third kappa shape index (κ3) is 7.10. The third-order valence-corrected chi connectivity index (χ3v) is 4.81. The summed E-state index contributed by atoms with van der Waals surface area (Å²) in [5.41, 5.74) is 2.99. The van der Waals surface area contributed by atoms with E-state index in [-0.39, 0.29) is 5.41 Å². The van der Waals surface area contributed by atoms with E-state index in [4.69, 9.17) is 0 Å². The number of benzene rings is 4. The summed E-state index contributed by atoms with van der Waals surface area (Å²) in [5, 5.41) is 7.92. The quantitative estimate of drug-likeness (QED) is 0.249. The molecule has 0 saturated carbocycles. The summed E-state index contributed by atoms with van der Waals surface area (Å²) in [7, 11) is 0. The molecular weight excluding hydrogens is 372 g/mol. The SMILES string of the molecule is CC.CC.CC.CC.Cc1cc2cc3cc4ccccc4cc3cc2cc1C(C)(C)C. The van der Waals surface area contributed by atoms with Gasteiger partial charge in [0.2, 0.25) is 0 Å². The normalized spacial score (nSPS) is 9.94. The molecule has 0 spiro atoms. The fourth-order valence-corrected chi connectivity index (χ4v) is 3.67. The fraction of sp³-hybridized carbons (Fsp3) is 0.419. The summed E-state index contributed by atoms with van der Waals surface area (Å²) in [5.74, 6) is 0. The van der Waals surface area contributed by atoms with Gasteiger partial charge in [0.05, 0.1) is 0 Å². The van der Waals surface area contributed by atoms with Crippen molar-refractivity contribution >= 4 is 32.3 Å². The van der Waals surface area contributed by atoms with Crippen LogP contribution in [0.3, 0.4) is 0 Å². The highest BCUT2D eigenvalue weighted by Crippen LogP contribution is 2.33. The van der Waals surface area contributed by atoms with Gasteiger partial charge in [-0.1, -0.05) is 113 Å². The van der Waals surface area contributed by atoms with Gasteiger partial charge in [0.25, 0.3) is 0 Å². The predicted molar refractivity (Wildman–Crippen MR) is 148 cm³/mol. The maximum absolute atomic E-state index is 2.37. The van der Waals surface area contributed by atoms with Crippen molar-refractivity contribution in [1.29, 1.82) is 0 Å². The van der Waals surface area contributed by atoms with Gasteiger partial charge in [-0.25, -0.2) is 0 Å². The van der Waals surface area contributed by atoms with E-state index in [9.17, 15) is 0 Å². The Hall–Kier alpha value is -2.34. The second-order valence-electron chi connectivity index (χ2n) is 7.66. The molecule has 0 saturated heterocycles. The molecule has 0 fully saturated rings. The molecule has 0 aliphatic heterocycles. The Morgan fingerprint density at radius 1 is 0.452 bits per heavy atom. The zero-order valence-electron chi connectivity index (χ0n) is 22.3. The minimum atomic E-state index is 0.177. The molecule has 0 heteroatoms. The van der Waals surface area contributed by atoms with E-state index in [1.54, 1.807) is 0 Å². The number of aryl methyl sites for hydroxylation is 1. The van der Waals surface area contributed by atoms with Crippen molar-refractivity contribution in [3.05, 3.63) is 71.8 Å². The van der Waals surface area contributed by atoms with E-state index in [1.165, 1.54) is 43.4 Å². The number of hydrogen-bond acceptors (Lipinski definition) is 0. The van der Waals surface area contributed by atoms with Crippen molar-refractivity contribution in [3.63, 3.8) is 0 Å². The summed E-state index contributed by atoms with van der Waals surface area (Å²) in [6.45, 7) is 25.1. The lowest BCUT2D eigenvalue weighted by atomic mass is 9.82. The van der Waals surface area contributed by atoms with Crippen molar-refractivity contribution in [2.75, 3.05) is 0 Å². The van der Waals surface area contributed by atoms with Gasteiger partial charge in [-0.05, 0) is 80.0 Å². The van der Waals surface area contributed by atoms with Crippen LogP contribution in [-0.4, -0.2) is 0 Å². The van der Waals surface area contributed by atoms with Crippen LogP contribution in [0.15, 0.2) is 60.7 Å². The highest BCUT2D eigenvalue weighted by atomic mass is 14.2. The van der Waals surface area contributed by atoms with Crippen LogP contribution in [0.5, 0.6) is 0 Å². The van der Waals surface area contributed by atoms with Gasteiger partial charge < -0.3 is 0 Å². The molecule has 0 bridgehead atoms. The second kappa shape index (κ2) is 13.9. The zero-order chi connectivity index (χ0) is 24.2. The average molecular weight is 419 g/mol. The summed E-state index contributed by atoms with van der Waals surface area (Å²) < 4.78 is 0. The minimum Gasteiger partial charge on any atom is -0.0683 e. The number of rotatable bonds is 0. The van der Waals surface area contributed by atoms with Crippen molar-refractivity contribution < 1.29 is 0 Å². The topological polar surface area (TPSA) is 0 Å². The van der Waals surface area contributed by atoms with Crippen LogP contribution in [-0.2, 0) is 5.41 Å². The van der Waals surface area contributed by atoms with Gasteiger partial charge >= 0.3 is 0 Å². The lowest BCUT2D eigenvalue weighted by Crippen LogP contribution is -2.12. The van der Waals surface area contributed by atoms with Crippen LogP contribution < -0.4 is 0 Å². The first-order valence-corrected chi connectivity index (χ1v) is 12.3. The Morgan fingerprint density at radius 2 is 0.774 bits per heavy atom. The molecule has 0 radical (unpaired) electrons. The molecule has 0 nitrogen and oxygen atoms in total. The lowest BCUT2D eigenvalue weighted by Gasteiger charge is -2.22. The van der Waals surface area contributed by atoms with Crippen molar-refractivity contribution in [2.45, 2.75) is 88.5 Å². The minimum absolute atomic E-state index is 0.177. The van der Waals surface area contributed by atoms with Gasteiger partial charge in [-0.15, -0.1) is 0 Å². The summed E-state index contributed by atoms with van der Waals surface area (Å²) >= 11 is 0. The molecule has 0 unspecified atom stereocenters. The van der Waals surface area contributed by atoms with Gasteiger partial charge in [-0.2, -0.15) is 0 Å². The molecule has 0 atom stereocenters. The first-order valence-electron chi connectivity index (χ1n) is 12.3. The van der Waals surface area contributed by atoms with Crippen LogP contribution in [0.2, 0.25) is 0 Å². The second-order valence-corrected chi connectivity index (χ2v) is 7.66. The number of hydrogen-bond donors (Lipinski definition) is 0. The number of fused-ring (bicyclic) bond motifs is 3. The van der Waals surface area contributed by atoms with Crippen molar-refractivity contribution in [2.24, 2.45) is 0 Å². The Balaban J connectivity index is 0.00000102. The van der Waals surface area contributed by atoms with Gasteiger partial charge in [0.1, 0.15) is 0 Å². The Labute approximate surface area is 192 Å². The van der Waals surface area contributed by atoms with E-state index in [1.807, 2.05) is 55.4 Å². The average Bonchev–Trinajstić information content (AvgIpc) is 2.80. The third-order valence-electron chi connectivity index (χ3n) is 4.81. The van der Waals surface area contributed by atoms with Gasteiger partial charge in [-0.3, -0.25) is 0 Å². The first-order chi connectivity index (χ1) is 14.9. The van der Waals surface area contributed by atoms with Crippen LogP contribution >= 0.6 is 0 Å². The monoisotopic (exact) mass is 418 g/mol. The smallest absolute Gasteiger partial charge is 0.0129 e. The molecular formula is C31H46. The van der Waals surface area contributed by atoms with E-state index in [2.05, 4.69) is 88.4 Å². The Bertz CT molecular complexity index is 1050. The van der Waals surface area contributed by atoms with Crippen LogP contribution in [0.25, 0.3) is 32.3 Å². The highest BCUT2D eigenvalue weighted by Gasteiger charge is 2.17. The van der Waals surface area contributed by atoms with E-state index in [0.29, 0.717) is 0 Å². The largest absolute Gasteiger partial charge is 0.0683 e. The summed E-state index contributed by atoms with van der Waals surface area (Å²) in [6, 6.07) is 22.6. The van der Waals surface area contributed by atoms with Crippen LogP contribution in [0.1, 0.15) is 87.3 Å². The molecule has 0 heterocycles. The zero-order valence-corrected chi connectivity index (χ0v) is 22.3. The van der Waals surface area contributed by atoms with E-state index in [0.717, 1.165) is 0 Å². The maximum atomic E-state index is 2.37.